The van der Waals surface area contributed by atoms with Gasteiger partial charge >= 0.3 is 0 Å². The van der Waals surface area contributed by atoms with Crippen LogP contribution < -0.4 is 0 Å². The number of rotatable bonds is 10. The first-order chi connectivity index (χ1) is 18.0. The van der Waals surface area contributed by atoms with Gasteiger partial charge in [0.2, 0.25) is 14.2 Å². The maximum Gasteiger partial charge on any atom is 0.274 e. The Bertz CT molecular complexity index is 1280. The second-order valence-electron chi connectivity index (χ2n) is 13.5. The first kappa shape index (κ1) is 30.8. The highest BCUT2D eigenvalue weighted by Crippen LogP contribution is 2.60. The smallest absolute Gasteiger partial charge is 0.274 e. The molecule has 2 fully saturated rings. The van der Waals surface area contributed by atoms with Crippen molar-refractivity contribution in [1.29, 1.82) is 0 Å². The Morgan fingerprint density at radius 2 is 1.92 bits per heavy atom. The second kappa shape index (κ2) is 10.9. The molecule has 39 heavy (non-hydrogen) atoms. The van der Waals surface area contributed by atoms with Crippen LogP contribution in [0.15, 0.2) is 40.3 Å². The number of fused-ring (bicyclic) bond motifs is 2. The summed E-state index contributed by atoms with van der Waals surface area (Å²) in [5, 5.41) is 0. The van der Waals surface area contributed by atoms with Crippen LogP contribution in [0.4, 0.5) is 8.78 Å². The molecule has 0 amide bonds. The van der Waals surface area contributed by atoms with E-state index in [4.69, 9.17) is 4.43 Å². The highest BCUT2D eigenvalue weighted by Gasteiger charge is 2.53. The maximum absolute atomic E-state index is 15.3. The zero-order chi connectivity index (χ0) is 28.9. The zero-order valence-electron chi connectivity index (χ0n) is 24.5. The monoisotopic (exact) mass is 597 g/mol. The predicted octanol–water partition coefficient (Wildman–Crippen LogP) is 8.89. The second-order valence-corrected chi connectivity index (χ2v) is 21.2. The molecule has 218 valence electrons. The first-order valence-electron chi connectivity index (χ1n) is 14.3. The summed E-state index contributed by atoms with van der Waals surface area (Å²) in [7, 11) is -5.63. The van der Waals surface area contributed by atoms with Crippen molar-refractivity contribution in [3.63, 3.8) is 0 Å². The predicted molar refractivity (Wildman–Crippen MR) is 160 cm³/mol. The largest absolute Gasteiger partial charge is 0.407 e. The van der Waals surface area contributed by atoms with Crippen molar-refractivity contribution in [1.82, 2.24) is 4.98 Å². The van der Waals surface area contributed by atoms with E-state index in [0.29, 0.717) is 23.8 Å². The van der Waals surface area contributed by atoms with Crippen LogP contribution >= 0.6 is 11.3 Å². The molecule has 4 nitrogen and oxygen atoms in total. The SMILES string of the molecule is C[C@H](CCC(F)(F)C(C)(C)O[Si](C)(C)C)[C@H]1CCC2/C(=C/CS(=O)(=O)c3nc4ccccc4s3)CCC[C@@]21C. The minimum absolute atomic E-state index is 0.0166. The molecule has 0 aliphatic heterocycles. The lowest BCUT2D eigenvalue weighted by atomic mass is 9.60. The van der Waals surface area contributed by atoms with Crippen molar-refractivity contribution in [3.8, 4) is 0 Å². The summed E-state index contributed by atoms with van der Waals surface area (Å²) < 4.78 is 63.9. The van der Waals surface area contributed by atoms with Crippen LogP contribution in [-0.4, -0.2) is 39.0 Å². The van der Waals surface area contributed by atoms with E-state index in [0.717, 1.165) is 36.8 Å². The molecule has 1 heterocycles. The van der Waals surface area contributed by atoms with E-state index in [-0.39, 0.29) is 27.8 Å². The fraction of sp³-hybridized carbons (Fsp3) is 0.700. The number of sulfone groups is 1. The summed E-state index contributed by atoms with van der Waals surface area (Å²) in [5.74, 6) is -2.10. The summed E-state index contributed by atoms with van der Waals surface area (Å²) in [5.41, 5.74) is 0.489. The highest BCUT2D eigenvalue weighted by atomic mass is 32.2. The number of hydrogen-bond donors (Lipinski definition) is 0. The van der Waals surface area contributed by atoms with E-state index in [2.05, 4.69) is 18.8 Å². The summed E-state index contributed by atoms with van der Waals surface area (Å²) in [6, 6.07) is 7.49. The molecule has 0 N–H and O–H groups in total. The molecule has 0 saturated heterocycles. The normalized spacial score (nSPS) is 26.7. The third kappa shape index (κ3) is 6.51. The van der Waals surface area contributed by atoms with Gasteiger partial charge in [0, 0.05) is 6.42 Å². The van der Waals surface area contributed by atoms with Gasteiger partial charge in [-0.1, -0.05) is 37.6 Å². The van der Waals surface area contributed by atoms with Gasteiger partial charge in [0.15, 0.2) is 8.32 Å². The fourth-order valence-electron chi connectivity index (χ4n) is 7.28. The van der Waals surface area contributed by atoms with Gasteiger partial charge in [-0.05, 0) is 107 Å². The molecule has 1 aromatic heterocycles. The van der Waals surface area contributed by atoms with Crippen molar-refractivity contribution >= 4 is 39.7 Å². The van der Waals surface area contributed by atoms with E-state index in [1.807, 2.05) is 50.0 Å². The topological polar surface area (TPSA) is 56.3 Å². The van der Waals surface area contributed by atoms with Gasteiger partial charge in [0.25, 0.3) is 5.92 Å². The quantitative estimate of drug-likeness (QED) is 0.203. The third-order valence-electron chi connectivity index (χ3n) is 9.19. The Morgan fingerprint density at radius 3 is 2.59 bits per heavy atom. The Balaban J connectivity index is 1.44. The molecule has 1 unspecified atom stereocenters. The minimum atomic E-state index is -3.51. The first-order valence-corrected chi connectivity index (χ1v) is 20.2. The van der Waals surface area contributed by atoms with Crippen LogP contribution in [0.2, 0.25) is 19.6 Å². The minimum Gasteiger partial charge on any atom is -0.407 e. The Labute approximate surface area is 238 Å². The third-order valence-corrected chi connectivity index (χ3v) is 13.4. The van der Waals surface area contributed by atoms with Crippen LogP contribution in [0.5, 0.6) is 0 Å². The van der Waals surface area contributed by atoms with Gasteiger partial charge in [-0.25, -0.2) is 22.2 Å². The Morgan fingerprint density at radius 1 is 1.23 bits per heavy atom. The number of halogens is 2. The number of aromatic nitrogens is 1. The molecule has 2 saturated carbocycles. The zero-order valence-corrected chi connectivity index (χ0v) is 27.2. The number of thiazole rings is 1. The average molecular weight is 598 g/mol. The molecule has 0 spiro atoms. The van der Waals surface area contributed by atoms with E-state index >= 15 is 8.78 Å². The molecule has 2 aliphatic rings. The van der Waals surface area contributed by atoms with Crippen molar-refractivity contribution in [2.45, 2.75) is 108 Å². The van der Waals surface area contributed by atoms with Crippen molar-refractivity contribution in [2.75, 3.05) is 5.75 Å². The van der Waals surface area contributed by atoms with E-state index in [9.17, 15) is 8.42 Å². The summed E-state index contributed by atoms with van der Waals surface area (Å²) in [6.45, 7) is 13.4. The van der Waals surface area contributed by atoms with Gasteiger partial charge in [-0.2, -0.15) is 0 Å². The number of para-hydroxylation sites is 1. The Hall–Kier alpha value is -1.16. The molecule has 0 bridgehead atoms. The number of alkyl halides is 2. The highest BCUT2D eigenvalue weighted by molar-refractivity contribution is 7.93. The number of allylic oxidation sites excluding steroid dienone is 1. The van der Waals surface area contributed by atoms with Crippen LogP contribution in [0.1, 0.15) is 72.6 Å². The van der Waals surface area contributed by atoms with Crippen LogP contribution in [0, 0.1) is 23.2 Å². The standard InChI is InChI=1S/C30H45F2NO3S2Si/c1-21(16-19-30(31,32)28(2,3)36-39(5,6)7)23-14-15-24-22(11-10-18-29(23,24)4)17-20-38(34,35)27-33-25-12-8-9-13-26(25)37-27/h8-9,12-13,17,21,23-24H,10-11,14-16,18-20H2,1-7H3/b22-17+/t21-,23-,24?,29-/m1/s1. The van der Waals surface area contributed by atoms with E-state index in [1.165, 1.54) is 30.8 Å². The maximum atomic E-state index is 15.3. The lowest BCUT2D eigenvalue weighted by Gasteiger charge is -2.45. The van der Waals surface area contributed by atoms with Crippen molar-refractivity contribution < 1.29 is 21.6 Å². The molecule has 4 rings (SSSR count). The lowest BCUT2D eigenvalue weighted by Crippen LogP contribution is -2.51. The van der Waals surface area contributed by atoms with Crippen LogP contribution in [0.3, 0.4) is 0 Å². The van der Waals surface area contributed by atoms with Crippen LogP contribution in [-0.2, 0) is 14.3 Å². The van der Waals surface area contributed by atoms with Gasteiger partial charge < -0.3 is 4.43 Å². The van der Waals surface area contributed by atoms with Gasteiger partial charge in [-0.3, -0.25) is 0 Å². The van der Waals surface area contributed by atoms with E-state index in [1.54, 1.807) is 0 Å². The number of benzene rings is 1. The van der Waals surface area contributed by atoms with E-state index < -0.39 is 29.7 Å². The molecule has 0 radical (unpaired) electrons. The van der Waals surface area contributed by atoms with Gasteiger partial charge in [0.05, 0.1) is 16.0 Å². The molecule has 2 aliphatic carbocycles. The number of nitrogens with zero attached hydrogens (tertiary/aromatic N) is 1. The average Bonchev–Trinajstić information content (AvgIpc) is 3.41. The van der Waals surface area contributed by atoms with Gasteiger partial charge in [0.1, 0.15) is 5.60 Å². The fourth-order valence-corrected chi connectivity index (χ4v) is 11.5. The lowest BCUT2D eigenvalue weighted by molar-refractivity contribution is -0.158. The summed E-state index contributed by atoms with van der Waals surface area (Å²) in [4.78, 5) is 4.37. The van der Waals surface area contributed by atoms with Crippen LogP contribution in [0.25, 0.3) is 10.2 Å². The molecular weight excluding hydrogens is 553 g/mol. The summed E-state index contributed by atoms with van der Waals surface area (Å²) >= 11 is 1.23. The Kier molecular flexibility index (Phi) is 8.62. The molecule has 4 atom stereocenters. The molecule has 1 aromatic carbocycles. The molecular formula is C30H45F2NO3S2Si. The van der Waals surface area contributed by atoms with Crippen molar-refractivity contribution in [3.05, 3.63) is 35.9 Å². The molecule has 9 heteroatoms. The number of hydrogen-bond acceptors (Lipinski definition) is 5. The molecule has 2 aromatic rings. The van der Waals surface area contributed by atoms with Crippen molar-refractivity contribution in [2.24, 2.45) is 23.2 Å². The summed E-state index contributed by atoms with van der Waals surface area (Å²) in [6.07, 6.45) is 7.23. The van der Waals surface area contributed by atoms with Gasteiger partial charge in [-0.15, -0.1) is 11.3 Å².